The molecule has 30 heavy (non-hydrogen) atoms. The zero-order valence-electron chi connectivity index (χ0n) is 16.3. The molecule has 1 aliphatic heterocycles. The molecular formula is C23H18ClN3O2S. The number of hydrogen-bond acceptors (Lipinski definition) is 3. The van der Waals surface area contributed by atoms with Gasteiger partial charge >= 0.3 is 0 Å². The van der Waals surface area contributed by atoms with E-state index in [-0.39, 0.29) is 10.7 Å². The van der Waals surface area contributed by atoms with Crippen molar-refractivity contribution in [3.8, 4) is 5.69 Å². The van der Waals surface area contributed by atoms with Gasteiger partial charge in [-0.1, -0.05) is 29.3 Å². The number of halogens is 1. The summed E-state index contributed by atoms with van der Waals surface area (Å²) >= 11 is 11.3. The maximum Gasteiger partial charge on any atom is 0.270 e. The van der Waals surface area contributed by atoms with Crippen molar-refractivity contribution in [1.29, 1.82) is 0 Å². The Labute approximate surface area is 184 Å². The van der Waals surface area contributed by atoms with Gasteiger partial charge in [-0.05, 0) is 80.2 Å². The van der Waals surface area contributed by atoms with Crippen molar-refractivity contribution in [2.75, 3.05) is 4.90 Å². The highest BCUT2D eigenvalue weighted by Gasteiger charge is 2.35. The van der Waals surface area contributed by atoms with Gasteiger partial charge in [0.1, 0.15) is 5.57 Å². The SMILES string of the molecule is Cc1ccc(N2C(=O)/C(=C/c3cccn3-c3ccc(Cl)cc3)C(=O)NC2=S)c(C)c1. The van der Waals surface area contributed by atoms with Gasteiger partial charge in [-0.2, -0.15) is 0 Å². The van der Waals surface area contributed by atoms with Gasteiger partial charge < -0.3 is 4.57 Å². The van der Waals surface area contributed by atoms with Crippen molar-refractivity contribution < 1.29 is 9.59 Å². The molecule has 1 fully saturated rings. The van der Waals surface area contributed by atoms with E-state index in [0.717, 1.165) is 16.8 Å². The summed E-state index contributed by atoms with van der Waals surface area (Å²) in [6.07, 6.45) is 3.43. The highest BCUT2D eigenvalue weighted by molar-refractivity contribution is 7.80. The molecule has 0 spiro atoms. The number of carbonyl (C=O) groups excluding carboxylic acids is 2. The highest BCUT2D eigenvalue weighted by Crippen LogP contribution is 2.26. The van der Waals surface area contributed by atoms with Gasteiger partial charge in [0.15, 0.2) is 5.11 Å². The van der Waals surface area contributed by atoms with Crippen LogP contribution in [0.2, 0.25) is 5.02 Å². The molecule has 2 aromatic carbocycles. The van der Waals surface area contributed by atoms with E-state index in [1.54, 1.807) is 18.2 Å². The summed E-state index contributed by atoms with van der Waals surface area (Å²) in [5.74, 6) is -0.977. The van der Waals surface area contributed by atoms with E-state index in [0.29, 0.717) is 16.4 Å². The van der Waals surface area contributed by atoms with E-state index in [1.807, 2.05) is 67.1 Å². The molecule has 150 valence electrons. The summed E-state index contributed by atoms with van der Waals surface area (Å²) < 4.78 is 1.87. The molecule has 0 radical (unpaired) electrons. The molecule has 4 rings (SSSR count). The van der Waals surface area contributed by atoms with Crippen LogP contribution in [0.4, 0.5) is 5.69 Å². The van der Waals surface area contributed by atoms with Crippen molar-refractivity contribution in [1.82, 2.24) is 9.88 Å². The first-order valence-electron chi connectivity index (χ1n) is 9.27. The third-order valence-corrected chi connectivity index (χ3v) is 5.41. The van der Waals surface area contributed by atoms with Gasteiger partial charge in [-0.25, -0.2) is 0 Å². The van der Waals surface area contributed by atoms with Crippen LogP contribution in [0, 0.1) is 13.8 Å². The molecule has 5 nitrogen and oxygen atoms in total. The number of amides is 2. The Morgan fingerprint density at radius 1 is 1.03 bits per heavy atom. The van der Waals surface area contributed by atoms with E-state index < -0.39 is 11.8 Å². The largest absolute Gasteiger partial charge is 0.317 e. The Kier molecular flexibility index (Phi) is 5.28. The van der Waals surface area contributed by atoms with Crippen LogP contribution in [0.25, 0.3) is 11.8 Å². The van der Waals surface area contributed by atoms with Crippen LogP contribution < -0.4 is 10.2 Å². The zero-order valence-corrected chi connectivity index (χ0v) is 17.9. The van der Waals surface area contributed by atoms with Crippen molar-refractivity contribution in [2.24, 2.45) is 0 Å². The van der Waals surface area contributed by atoms with E-state index in [2.05, 4.69) is 5.32 Å². The smallest absolute Gasteiger partial charge is 0.270 e. The first-order chi connectivity index (χ1) is 14.3. The topological polar surface area (TPSA) is 54.3 Å². The summed E-state index contributed by atoms with van der Waals surface area (Å²) in [7, 11) is 0. The summed E-state index contributed by atoms with van der Waals surface area (Å²) in [6.45, 7) is 3.88. The van der Waals surface area contributed by atoms with Gasteiger partial charge in [0.2, 0.25) is 0 Å². The van der Waals surface area contributed by atoms with E-state index in [9.17, 15) is 9.59 Å². The number of thiocarbonyl (C=S) groups is 1. The molecule has 0 atom stereocenters. The highest BCUT2D eigenvalue weighted by atomic mass is 35.5. The second kappa shape index (κ2) is 7.89. The van der Waals surface area contributed by atoms with Crippen molar-refractivity contribution in [2.45, 2.75) is 13.8 Å². The minimum atomic E-state index is -0.519. The number of benzene rings is 2. The number of carbonyl (C=O) groups is 2. The lowest BCUT2D eigenvalue weighted by Crippen LogP contribution is -2.54. The number of aromatic nitrogens is 1. The molecule has 3 aromatic rings. The Morgan fingerprint density at radius 3 is 2.47 bits per heavy atom. The number of aryl methyl sites for hydroxylation is 2. The Bertz CT molecular complexity index is 1210. The third kappa shape index (κ3) is 3.67. The molecular weight excluding hydrogens is 418 g/mol. The molecule has 2 heterocycles. The first kappa shape index (κ1) is 20.1. The minimum Gasteiger partial charge on any atom is -0.317 e. The molecule has 0 saturated carbocycles. The van der Waals surface area contributed by atoms with Crippen molar-refractivity contribution in [3.05, 3.63) is 88.2 Å². The van der Waals surface area contributed by atoms with Crippen LogP contribution in [0.5, 0.6) is 0 Å². The summed E-state index contributed by atoms with van der Waals surface area (Å²) in [5, 5.41) is 3.33. The average Bonchev–Trinajstić information content (AvgIpc) is 3.15. The van der Waals surface area contributed by atoms with Gasteiger partial charge in [0, 0.05) is 22.6 Å². The predicted molar refractivity (Wildman–Crippen MR) is 123 cm³/mol. The third-order valence-electron chi connectivity index (χ3n) is 4.87. The number of hydrogen-bond donors (Lipinski definition) is 1. The normalized spacial score (nSPS) is 15.6. The van der Waals surface area contributed by atoms with Crippen LogP contribution in [-0.2, 0) is 9.59 Å². The standard InChI is InChI=1S/C23H18ClN3O2S/c1-14-5-10-20(15(2)12-14)27-22(29)19(21(28)25-23(27)30)13-18-4-3-11-26(18)17-8-6-16(24)7-9-17/h3-13H,1-2H3,(H,25,28,30)/b19-13+. The number of nitrogens with one attached hydrogen (secondary N) is 1. The molecule has 0 aliphatic carbocycles. The molecule has 0 unspecified atom stereocenters. The number of rotatable bonds is 3. The molecule has 7 heteroatoms. The van der Waals surface area contributed by atoms with Crippen LogP contribution in [-0.4, -0.2) is 21.5 Å². The second-order valence-corrected chi connectivity index (χ2v) is 7.85. The molecule has 1 aliphatic rings. The monoisotopic (exact) mass is 435 g/mol. The van der Waals surface area contributed by atoms with Crippen LogP contribution >= 0.6 is 23.8 Å². The molecule has 2 amide bonds. The lowest BCUT2D eigenvalue weighted by molar-refractivity contribution is -0.122. The Morgan fingerprint density at radius 2 is 1.77 bits per heavy atom. The quantitative estimate of drug-likeness (QED) is 0.372. The minimum absolute atomic E-state index is 0.0116. The summed E-state index contributed by atoms with van der Waals surface area (Å²) in [6, 6.07) is 16.7. The van der Waals surface area contributed by atoms with E-state index >= 15 is 0 Å². The fourth-order valence-corrected chi connectivity index (χ4v) is 3.83. The van der Waals surface area contributed by atoms with Crippen molar-refractivity contribution >= 4 is 52.5 Å². The molecule has 1 aromatic heterocycles. The van der Waals surface area contributed by atoms with Gasteiger partial charge in [0.05, 0.1) is 5.69 Å². The van der Waals surface area contributed by atoms with Crippen LogP contribution in [0.15, 0.2) is 66.4 Å². The molecule has 0 bridgehead atoms. The lowest BCUT2D eigenvalue weighted by Gasteiger charge is -2.30. The maximum atomic E-state index is 13.3. The Hall–Kier alpha value is -3.22. The fourth-order valence-electron chi connectivity index (χ4n) is 3.43. The van der Waals surface area contributed by atoms with Crippen molar-refractivity contribution in [3.63, 3.8) is 0 Å². The molecule has 1 N–H and O–H groups in total. The number of anilines is 1. The summed E-state index contributed by atoms with van der Waals surface area (Å²) in [4.78, 5) is 27.3. The van der Waals surface area contributed by atoms with Gasteiger partial charge in [-0.3, -0.25) is 19.8 Å². The fraction of sp³-hybridized carbons (Fsp3) is 0.0870. The predicted octanol–water partition coefficient (Wildman–Crippen LogP) is 4.58. The Balaban J connectivity index is 1.76. The first-order valence-corrected chi connectivity index (χ1v) is 10.1. The second-order valence-electron chi connectivity index (χ2n) is 7.03. The maximum absolute atomic E-state index is 13.3. The summed E-state index contributed by atoms with van der Waals surface area (Å²) in [5.41, 5.74) is 4.18. The zero-order chi connectivity index (χ0) is 21.4. The average molecular weight is 436 g/mol. The van der Waals surface area contributed by atoms with Gasteiger partial charge in [0.25, 0.3) is 11.8 Å². The van der Waals surface area contributed by atoms with Gasteiger partial charge in [-0.15, -0.1) is 0 Å². The number of nitrogens with zero attached hydrogens (tertiary/aromatic N) is 2. The van der Waals surface area contributed by atoms with Crippen LogP contribution in [0.3, 0.4) is 0 Å². The van der Waals surface area contributed by atoms with Crippen LogP contribution in [0.1, 0.15) is 16.8 Å². The van der Waals surface area contributed by atoms with E-state index in [4.69, 9.17) is 23.8 Å². The molecule has 1 saturated heterocycles. The van der Waals surface area contributed by atoms with E-state index in [1.165, 1.54) is 4.90 Å². The lowest BCUT2D eigenvalue weighted by atomic mass is 10.1.